The molecular formula is C17H19N5O2. The maximum Gasteiger partial charge on any atom is 0.161 e. The summed E-state index contributed by atoms with van der Waals surface area (Å²) in [7, 11) is 1.87. The first-order valence-electron chi connectivity index (χ1n) is 8.08. The van der Waals surface area contributed by atoms with Gasteiger partial charge in [-0.3, -0.25) is 0 Å². The van der Waals surface area contributed by atoms with Gasteiger partial charge in [0.1, 0.15) is 0 Å². The van der Waals surface area contributed by atoms with E-state index in [0.29, 0.717) is 13.2 Å². The minimum absolute atomic E-state index is 0.702. The molecule has 7 heteroatoms. The molecule has 0 aliphatic carbocycles. The third-order valence-electron chi connectivity index (χ3n) is 4.05. The molecule has 0 bridgehead atoms. The molecule has 1 N–H and O–H groups in total. The minimum atomic E-state index is 0.702. The molecule has 1 aliphatic rings. The predicted octanol–water partition coefficient (Wildman–Crippen LogP) is 2.18. The van der Waals surface area contributed by atoms with Crippen molar-refractivity contribution in [3.63, 3.8) is 0 Å². The number of anilines is 1. The number of nitrogens with zero attached hydrogens (tertiary/aromatic N) is 4. The number of ether oxygens (including phenoxy) is 2. The molecule has 7 nitrogen and oxygen atoms in total. The first-order chi connectivity index (χ1) is 11.8. The Morgan fingerprint density at radius 1 is 1.17 bits per heavy atom. The fraction of sp³-hybridized carbons (Fsp3) is 0.353. The van der Waals surface area contributed by atoms with Crippen LogP contribution in [0.15, 0.2) is 30.5 Å². The summed E-state index contributed by atoms with van der Waals surface area (Å²) in [4.78, 5) is 4.36. The number of aryl methyl sites for hydroxylation is 1. The van der Waals surface area contributed by atoms with Crippen LogP contribution in [0.4, 0.5) is 5.82 Å². The van der Waals surface area contributed by atoms with E-state index in [1.54, 1.807) is 10.9 Å². The molecule has 0 saturated carbocycles. The Balaban J connectivity index is 1.44. The molecule has 3 aromatic rings. The Bertz CT molecular complexity index is 861. The fourth-order valence-electron chi connectivity index (χ4n) is 2.78. The van der Waals surface area contributed by atoms with E-state index in [0.717, 1.165) is 47.7 Å². The Morgan fingerprint density at radius 2 is 2.04 bits per heavy atom. The van der Waals surface area contributed by atoms with E-state index in [1.807, 2.05) is 19.2 Å². The van der Waals surface area contributed by atoms with Gasteiger partial charge in [-0.25, -0.2) is 9.67 Å². The van der Waals surface area contributed by atoms with Gasteiger partial charge in [0, 0.05) is 26.2 Å². The van der Waals surface area contributed by atoms with Crippen LogP contribution in [0.3, 0.4) is 0 Å². The van der Waals surface area contributed by atoms with Crippen LogP contribution in [-0.2, 0) is 13.5 Å². The van der Waals surface area contributed by atoms with E-state index in [9.17, 15) is 0 Å². The maximum atomic E-state index is 5.74. The van der Waals surface area contributed by atoms with Crippen LogP contribution in [-0.4, -0.2) is 39.7 Å². The molecule has 0 atom stereocenters. The molecule has 1 aliphatic heterocycles. The van der Waals surface area contributed by atoms with Crippen molar-refractivity contribution >= 4 is 16.9 Å². The second-order valence-electron chi connectivity index (χ2n) is 5.75. The summed E-state index contributed by atoms with van der Waals surface area (Å²) in [5, 5.41) is 11.5. The molecule has 0 saturated heterocycles. The maximum absolute atomic E-state index is 5.74. The number of hydrogen-bond donors (Lipinski definition) is 1. The van der Waals surface area contributed by atoms with Crippen molar-refractivity contribution < 1.29 is 9.47 Å². The van der Waals surface area contributed by atoms with E-state index in [1.165, 1.54) is 5.56 Å². The van der Waals surface area contributed by atoms with E-state index < -0.39 is 0 Å². The lowest BCUT2D eigenvalue weighted by atomic mass is 10.1. The summed E-state index contributed by atoms with van der Waals surface area (Å²) in [5.74, 6) is 2.42. The minimum Gasteiger partial charge on any atom is -0.490 e. The topological polar surface area (TPSA) is 74.1 Å². The van der Waals surface area contributed by atoms with Gasteiger partial charge in [-0.15, -0.1) is 5.10 Å². The van der Waals surface area contributed by atoms with Gasteiger partial charge in [-0.05, 0) is 30.2 Å². The number of nitrogens with one attached hydrogen (secondary N) is 1. The zero-order chi connectivity index (χ0) is 16.4. The standard InChI is InChI=1S/C17H19N5O2/c1-22-13-6-8-19-17(16(13)20-21-22)18-7-5-12-3-4-14-15(11-12)24-10-2-9-23-14/h3-4,6,8,11H,2,5,7,9-10H2,1H3,(H,18,19). The zero-order valence-electron chi connectivity index (χ0n) is 13.5. The molecule has 2 aromatic heterocycles. The molecule has 0 radical (unpaired) electrons. The number of rotatable bonds is 4. The van der Waals surface area contributed by atoms with Gasteiger partial charge in [0.15, 0.2) is 22.8 Å². The Morgan fingerprint density at radius 3 is 2.96 bits per heavy atom. The molecular weight excluding hydrogens is 306 g/mol. The van der Waals surface area contributed by atoms with Crippen molar-refractivity contribution in [3.05, 3.63) is 36.0 Å². The lowest BCUT2D eigenvalue weighted by Gasteiger charge is -2.10. The lowest BCUT2D eigenvalue weighted by molar-refractivity contribution is 0.297. The molecule has 24 heavy (non-hydrogen) atoms. The lowest BCUT2D eigenvalue weighted by Crippen LogP contribution is -2.07. The highest BCUT2D eigenvalue weighted by Crippen LogP contribution is 2.30. The third-order valence-corrected chi connectivity index (χ3v) is 4.05. The summed E-state index contributed by atoms with van der Waals surface area (Å²) in [6.45, 7) is 2.16. The predicted molar refractivity (Wildman–Crippen MR) is 90.5 cm³/mol. The Kier molecular flexibility index (Phi) is 3.90. The summed E-state index contributed by atoms with van der Waals surface area (Å²) in [6.07, 6.45) is 3.54. The Labute approximate surface area is 139 Å². The highest BCUT2D eigenvalue weighted by atomic mass is 16.5. The summed E-state index contributed by atoms with van der Waals surface area (Å²) >= 11 is 0. The van der Waals surface area contributed by atoms with Crippen molar-refractivity contribution in [2.24, 2.45) is 7.05 Å². The van der Waals surface area contributed by atoms with Crippen LogP contribution < -0.4 is 14.8 Å². The van der Waals surface area contributed by atoms with Crippen LogP contribution in [0.2, 0.25) is 0 Å². The summed E-state index contributed by atoms with van der Waals surface area (Å²) in [5.41, 5.74) is 2.94. The van der Waals surface area contributed by atoms with Crippen LogP contribution in [0, 0.1) is 0 Å². The monoisotopic (exact) mass is 325 g/mol. The second kappa shape index (κ2) is 6.35. The fourth-order valence-corrected chi connectivity index (χ4v) is 2.78. The van der Waals surface area contributed by atoms with Crippen molar-refractivity contribution in [1.82, 2.24) is 20.0 Å². The smallest absolute Gasteiger partial charge is 0.161 e. The van der Waals surface area contributed by atoms with Crippen molar-refractivity contribution in [2.75, 3.05) is 25.1 Å². The van der Waals surface area contributed by atoms with Gasteiger partial charge >= 0.3 is 0 Å². The van der Waals surface area contributed by atoms with Gasteiger partial charge in [0.05, 0.1) is 18.7 Å². The third kappa shape index (κ3) is 2.84. The molecule has 1 aromatic carbocycles. The van der Waals surface area contributed by atoms with Crippen molar-refractivity contribution in [2.45, 2.75) is 12.8 Å². The number of fused-ring (bicyclic) bond motifs is 2. The summed E-state index contributed by atoms with van der Waals surface area (Å²) < 4.78 is 13.1. The highest BCUT2D eigenvalue weighted by molar-refractivity contribution is 5.84. The molecule has 0 spiro atoms. The van der Waals surface area contributed by atoms with E-state index >= 15 is 0 Å². The molecule has 124 valence electrons. The highest BCUT2D eigenvalue weighted by Gasteiger charge is 2.11. The van der Waals surface area contributed by atoms with Crippen LogP contribution in [0.25, 0.3) is 11.0 Å². The number of aromatic nitrogens is 4. The molecule has 0 amide bonds. The zero-order valence-corrected chi connectivity index (χ0v) is 13.5. The van der Waals surface area contributed by atoms with Crippen LogP contribution in [0.5, 0.6) is 11.5 Å². The van der Waals surface area contributed by atoms with Crippen molar-refractivity contribution in [1.29, 1.82) is 0 Å². The first-order valence-corrected chi connectivity index (χ1v) is 8.08. The van der Waals surface area contributed by atoms with E-state index in [2.05, 4.69) is 32.7 Å². The average molecular weight is 325 g/mol. The Hall–Kier alpha value is -2.83. The van der Waals surface area contributed by atoms with Crippen LogP contribution in [0.1, 0.15) is 12.0 Å². The van der Waals surface area contributed by atoms with Gasteiger partial charge < -0.3 is 14.8 Å². The van der Waals surface area contributed by atoms with Gasteiger partial charge in [0.2, 0.25) is 0 Å². The van der Waals surface area contributed by atoms with E-state index in [4.69, 9.17) is 9.47 Å². The van der Waals surface area contributed by atoms with Crippen LogP contribution >= 0.6 is 0 Å². The van der Waals surface area contributed by atoms with Gasteiger partial charge in [-0.1, -0.05) is 11.3 Å². The first kappa shape index (κ1) is 14.7. The second-order valence-corrected chi connectivity index (χ2v) is 5.75. The number of hydrogen-bond acceptors (Lipinski definition) is 6. The largest absolute Gasteiger partial charge is 0.490 e. The SMILES string of the molecule is Cn1nnc2c(NCCc3ccc4c(c3)OCCCO4)nccc21. The average Bonchev–Trinajstić information content (AvgIpc) is 2.83. The molecule has 0 fully saturated rings. The van der Waals surface area contributed by atoms with Gasteiger partial charge in [0.25, 0.3) is 0 Å². The van der Waals surface area contributed by atoms with Gasteiger partial charge in [-0.2, -0.15) is 0 Å². The quantitative estimate of drug-likeness (QED) is 0.792. The number of benzene rings is 1. The summed E-state index contributed by atoms with van der Waals surface area (Å²) in [6, 6.07) is 8.02. The molecule has 0 unspecified atom stereocenters. The number of pyridine rings is 1. The van der Waals surface area contributed by atoms with E-state index in [-0.39, 0.29) is 0 Å². The van der Waals surface area contributed by atoms with Crippen molar-refractivity contribution in [3.8, 4) is 11.5 Å². The molecule has 4 rings (SSSR count). The molecule has 3 heterocycles. The normalized spacial score (nSPS) is 13.7.